The van der Waals surface area contributed by atoms with Crippen LogP contribution in [0.4, 0.5) is 0 Å². The Morgan fingerprint density at radius 2 is 2.28 bits per heavy atom. The van der Waals surface area contributed by atoms with Crippen molar-refractivity contribution in [1.29, 1.82) is 0 Å². The van der Waals surface area contributed by atoms with Crippen LogP contribution in [0.2, 0.25) is 0 Å². The van der Waals surface area contributed by atoms with Gasteiger partial charge in [-0.3, -0.25) is 4.79 Å². The molecule has 0 saturated carbocycles. The SMILES string of the molecule is Cl.NCCc1nc(C(=O)NCc2ccsc2)cs1. The standard InChI is InChI=1S/C11H13N3OS2.ClH/c12-3-1-10-14-9(7-17-10)11(15)13-5-8-2-4-16-6-8;/h2,4,6-7H,1,3,5,12H2,(H,13,15);1H. The Morgan fingerprint density at radius 3 is 2.94 bits per heavy atom. The van der Waals surface area contributed by atoms with Crippen LogP contribution in [0.5, 0.6) is 0 Å². The number of aromatic nitrogens is 1. The van der Waals surface area contributed by atoms with Gasteiger partial charge in [-0.1, -0.05) is 0 Å². The maximum Gasteiger partial charge on any atom is 0.271 e. The summed E-state index contributed by atoms with van der Waals surface area (Å²) in [6, 6.07) is 1.99. The minimum Gasteiger partial charge on any atom is -0.347 e. The average Bonchev–Trinajstić information content (AvgIpc) is 2.97. The van der Waals surface area contributed by atoms with Gasteiger partial charge in [-0.25, -0.2) is 4.98 Å². The highest BCUT2D eigenvalue weighted by Crippen LogP contribution is 2.10. The molecule has 3 N–H and O–H groups in total. The molecule has 0 spiro atoms. The highest BCUT2D eigenvalue weighted by atomic mass is 35.5. The van der Waals surface area contributed by atoms with Crippen molar-refractivity contribution in [1.82, 2.24) is 10.3 Å². The van der Waals surface area contributed by atoms with Crippen molar-refractivity contribution < 1.29 is 4.79 Å². The Morgan fingerprint density at radius 1 is 1.44 bits per heavy atom. The maximum atomic E-state index is 11.8. The first-order chi connectivity index (χ1) is 8.29. The van der Waals surface area contributed by atoms with Gasteiger partial charge in [-0.2, -0.15) is 11.3 Å². The first-order valence-corrected chi connectivity index (χ1v) is 7.05. The van der Waals surface area contributed by atoms with Gasteiger partial charge in [0.2, 0.25) is 0 Å². The van der Waals surface area contributed by atoms with Crippen LogP contribution in [0, 0.1) is 0 Å². The fourth-order valence-electron chi connectivity index (χ4n) is 1.32. The molecule has 0 radical (unpaired) electrons. The number of nitrogens with two attached hydrogens (primary N) is 1. The minimum atomic E-state index is -0.129. The summed E-state index contributed by atoms with van der Waals surface area (Å²) in [6.45, 7) is 1.11. The summed E-state index contributed by atoms with van der Waals surface area (Å²) in [6.07, 6.45) is 0.725. The molecule has 0 fully saturated rings. The van der Waals surface area contributed by atoms with Crippen molar-refractivity contribution in [3.63, 3.8) is 0 Å². The summed E-state index contributed by atoms with van der Waals surface area (Å²) in [5.41, 5.74) is 7.03. The molecule has 0 saturated heterocycles. The van der Waals surface area contributed by atoms with E-state index >= 15 is 0 Å². The first kappa shape index (κ1) is 15.1. The van der Waals surface area contributed by atoms with E-state index in [1.54, 1.807) is 16.7 Å². The van der Waals surface area contributed by atoms with Crippen LogP contribution in [-0.4, -0.2) is 17.4 Å². The summed E-state index contributed by atoms with van der Waals surface area (Å²) in [5.74, 6) is -0.129. The van der Waals surface area contributed by atoms with Gasteiger partial charge < -0.3 is 11.1 Å². The predicted molar refractivity (Wildman–Crippen MR) is 77.6 cm³/mol. The fourth-order valence-corrected chi connectivity index (χ4v) is 2.78. The zero-order chi connectivity index (χ0) is 12.1. The van der Waals surface area contributed by atoms with E-state index in [-0.39, 0.29) is 18.3 Å². The van der Waals surface area contributed by atoms with E-state index in [4.69, 9.17) is 5.73 Å². The van der Waals surface area contributed by atoms with Crippen LogP contribution in [-0.2, 0) is 13.0 Å². The quantitative estimate of drug-likeness (QED) is 0.888. The van der Waals surface area contributed by atoms with Crippen LogP contribution >= 0.6 is 35.1 Å². The predicted octanol–water partition coefficient (Wildman–Crippen LogP) is 2.06. The minimum absolute atomic E-state index is 0. The number of carbonyl (C=O) groups is 1. The zero-order valence-electron chi connectivity index (χ0n) is 9.59. The second-order valence-corrected chi connectivity index (χ2v) is 5.20. The fraction of sp³-hybridized carbons (Fsp3) is 0.273. The number of carbonyl (C=O) groups excluding carboxylic acids is 1. The smallest absolute Gasteiger partial charge is 0.271 e. The molecule has 2 rings (SSSR count). The molecule has 1 amide bonds. The average molecular weight is 304 g/mol. The molecule has 0 unspecified atom stereocenters. The lowest BCUT2D eigenvalue weighted by Gasteiger charge is -2.00. The van der Waals surface area contributed by atoms with Crippen LogP contribution in [0.3, 0.4) is 0 Å². The number of halogens is 1. The molecular formula is C11H14ClN3OS2. The van der Waals surface area contributed by atoms with E-state index in [2.05, 4.69) is 10.3 Å². The van der Waals surface area contributed by atoms with Crippen molar-refractivity contribution in [2.45, 2.75) is 13.0 Å². The number of hydrogen-bond acceptors (Lipinski definition) is 5. The summed E-state index contributed by atoms with van der Waals surface area (Å²) >= 11 is 3.09. The second kappa shape index (κ2) is 7.48. The molecule has 7 heteroatoms. The summed E-state index contributed by atoms with van der Waals surface area (Å²) < 4.78 is 0. The Kier molecular flexibility index (Phi) is 6.28. The second-order valence-electron chi connectivity index (χ2n) is 3.48. The molecule has 0 aliphatic rings. The van der Waals surface area contributed by atoms with Gasteiger partial charge in [0.15, 0.2) is 0 Å². The molecule has 4 nitrogen and oxygen atoms in total. The van der Waals surface area contributed by atoms with E-state index in [0.29, 0.717) is 18.8 Å². The van der Waals surface area contributed by atoms with Gasteiger partial charge in [0, 0.05) is 18.3 Å². The van der Waals surface area contributed by atoms with Crippen molar-refractivity contribution in [3.8, 4) is 0 Å². The van der Waals surface area contributed by atoms with Crippen molar-refractivity contribution >= 4 is 41.0 Å². The van der Waals surface area contributed by atoms with Gasteiger partial charge in [-0.05, 0) is 28.9 Å². The number of hydrogen-bond donors (Lipinski definition) is 2. The van der Waals surface area contributed by atoms with Gasteiger partial charge in [0.25, 0.3) is 5.91 Å². The van der Waals surface area contributed by atoms with E-state index in [1.807, 2.05) is 16.8 Å². The van der Waals surface area contributed by atoms with Gasteiger partial charge in [0.05, 0.1) is 5.01 Å². The Bertz CT molecular complexity index is 484. The molecule has 98 valence electrons. The summed E-state index contributed by atoms with van der Waals surface area (Å²) in [4.78, 5) is 16.0. The molecular weight excluding hydrogens is 290 g/mol. The lowest BCUT2D eigenvalue weighted by atomic mass is 10.3. The van der Waals surface area contributed by atoms with Crippen LogP contribution < -0.4 is 11.1 Å². The van der Waals surface area contributed by atoms with Crippen molar-refractivity contribution in [2.75, 3.05) is 6.54 Å². The highest BCUT2D eigenvalue weighted by Gasteiger charge is 2.09. The Labute approximate surface area is 120 Å². The number of rotatable bonds is 5. The van der Waals surface area contributed by atoms with E-state index in [9.17, 15) is 4.79 Å². The third-order valence-electron chi connectivity index (χ3n) is 2.18. The lowest BCUT2D eigenvalue weighted by molar-refractivity contribution is 0.0946. The number of thiophene rings is 1. The summed E-state index contributed by atoms with van der Waals surface area (Å²) in [7, 11) is 0. The highest BCUT2D eigenvalue weighted by molar-refractivity contribution is 7.09. The van der Waals surface area contributed by atoms with E-state index < -0.39 is 0 Å². The van der Waals surface area contributed by atoms with Crippen molar-refractivity contribution in [3.05, 3.63) is 38.5 Å². The van der Waals surface area contributed by atoms with E-state index in [1.165, 1.54) is 11.3 Å². The molecule has 0 bridgehead atoms. The molecule has 2 aromatic heterocycles. The zero-order valence-corrected chi connectivity index (χ0v) is 12.0. The molecule has 2 aromatic rings. The monoisotopic (exact) mass is 303 g/mol. The molecule has 0 aliphatic carbocycles. The molecule has 0 aliphatic heterocycles. The number of nitrogens with zero attached hydrogens (tertiary/aromatic N) is 1. The number of thiazole rings is 1. The molecule has 18 heavy (non-hydrogen) atoms. The van der Waals surface area contributed by atoms with Crippen LogP contribution in [0.25, 0.3) is 0 Å². The summed E-state index contributed by atoms with van der Waals surface area (Å²) in [5, 5.41) is 9.52. The maximum absolute atomic E-state index is 11.8. The Hall–Kier alpha value is -0.950. The van der Waals surface area contributed by atoms with Crippen LogP contribution in [0.1, 0.15) is 21.1 Å². The number of nitrogens with one attached hydrogen (secondary N) is 1. The van der Waals surface area contributed by atoms with Gasteiger partial charge in [0.1, 0.15) is 5.69 Å². The molecule has 2 heterocycles. The van der Waals surface area contributed by atoms with Crippen molar-refractivity contribution in [2.24, 2.45) is 5.73 Å². The van der Waals surface area contributed by atoms with Gasteiger partial charge in [-0.15, -0.1) is 23.7 Å². The molecule has 0 aromatic carbocycles. The van der Waals surface area contributed by atoms with Crippen LogP contribution in [0.15, 0.2) is 22.2 Å². The van der Waals surface area contributed by atoms with E-state index in [0.717, 1.165) is 17.0 Å². The number of amides is 1. The lowest BCUT2D eigenvalue weighted by Crippen LogP contribution is -2.22. The first-order valence-electron chi connectivity index (χ1n) is 5.23. The Balaban J connectivity index is 0.00000162. The largest absolute Gasteiger partial charge is 0.347 e. The normalized spacial score (nSPS) is 9.83. The third kappa shape index (κ3) is 4.06. The third-order valence-corrected chi connectivity index (χ3v) is 3.82. The van der Waals surface area contributed by atoms with Gasteiger partial charge >= 0.3 is 0 Å². The topological polar surface area (TPSA) is 68.0 Å². The molecule has 0 atom stereocenters.